The summed E-state index contributed by atoms with van der Waals surface area (Å²) in [6, 6.07) is 5.77. The molecule has 0 bridgehead atoms. The number of hydrogen-bond acceptors (Lipinski definition) is 4. The van der Waals surface area contributed by atoms with Gasteiger partial charge in [-0.05, 0) is 50.1 Å². The summed E-state index contributed by atoms with van der Waals surface area (Å²) in [5.41, 5.74) is 1.94. The van der Waals surface area contributed by atoms with E-state index in [4.69, 9.17) is 9.47 Å². The molecule has 4 nitrogen and oxygen atoms in total. The van der Waals surface area contributed by atoms with E-state index in [9.17, 15) is 5.11 Å². The van der Waals surface area contributed by atoms with Crippen LogP contribution in [-0.2, 0) is 4.74 Å². The van der Waals surface area contributed by atoms with Crippen molar-refractivity contribution >= 4 is 0 Å². The third-order valence-electron chi connectivity index (χ3n) is 3.23. The number of aryl methyl sites for hydroxylation is 1. The monoisotopic (exact) mass is 267 g/mol. The number of hydrogen-bond donors (Lipinski definition) is 2. The Labute approximate surface area is 115 Å². The minimum Gasteiger partial charge on any atom is -0.496 e. The second kappa shape index (κ2) is 8.15. The Morgan fingerprint density at radius 1 is 1.32 bits per heavy atom. The zero-order valence-electron chi connectivity index (χ0n) is 12.3. The molecular formula is C15H25NO3. The standard InChI is InChI=1S/C15H25NO3/c1-11-10-13(6-7-14(11)19-4)15(17)12(2)16-8-5-9-18-3/h6-7,10,12,15-17H,5,8-9H2,1-4H3. The largest absolute Gasteiger partial charge is 0.496 e. The van der Waals surface area contributed by atoms with Crippen LogP contribution in [0.15, 0.2) is 18.2 Å². The highest BCUT2D eigenvalue weighted by Crippen LogP contribution is 2.24. The van der Waals surface area contributed by atoms with E-state index in [1.54, 1.807) is 14.2 Å². The third-order valence-corrected chi connectivity index (χ3v) is 3.23. The van der Waals surface area contributed by atoms with E-state index in [1.807, 2.05) is 32.0 Å². The molecule has 2 unspecified atom stereocenters. The molecule has 0 aliphatic carbocycles. The van der Waals surface area contributed by atoms with E-state index >= 15 is 0 Å². The van der Waals surface area contributed by atoms with Gasteiger partial charge in [0.15, 0.2) is 0 Å². The molecule has 19 heavy (non-hydrogen) atoms. The molecule has 2 atom stereocenters. The predicted molar refractivity (Wildman–Crippen MR) is 76.6 cm³/mol. The van der Waals surface area contributed by atoms with Gasteiger partial charge >= 0.3 is 0 Å². The van der Waals surface area contributed by atoms with Gasteiger partial charge in [0, 0.05) is 19.8 Å². The van der Waals surface area contributed by atoms with Crippen LogP contribution in [0.5, 0.6) is 5.75 Å². The van der Waals surface area contributed by atoms with Crippen molar-refractivity contribution < 1.29 is 14.6 Å². The molecule has 0 saturated carbocycles. The molecule has 1 aromatic carbocycles. The molecular weight excluding hydrogens is 242 g/mol. The second-order valence-corrected chi connectivity index (χ2v) is 4.76. The number of rotatable bonds is 8. The zero-order valence-corrected chi connectivity index (χ0v) is 12.3. The summed E-state index contributed by atoms with van der Waals surface area (Å²) >= 11 is 0. The van der Waals surface area contributed by atoms with Crippen LogP contribution < -0.4 is 10.1 Å². The number of methoxy groups -OCH3 is 2. The van der Waals surface area contributed by atoms with Crippen molar-refractivity contribution in [2.75, 3.05) is 27.4 Å². The summed E-state index contributed by atoms with van der Waals surface area (Å²) in [7, 11) is 3.34. The predicted octanol–water partition coefficient (Wildman–Crippen LogP) is 2.05. The number of aliphatic hydroxyl groups excluding tert-OH is 1. The molecule has 0 radical (unpaired) electrons. The fourth-order valence-electron chi connectivity index (χ4n) is 2.03. The van der Waals surface area contributed by atoms with Gasteiger partial charge in [0.1, 0.15) is 5.75 Å². The van der Waals surface area contributed by atoms with Crippen LogP contribution >= 0.6 is 0 Å². The summed E-state index contributed by atoms with van der Waals surface area (Å²) in [6.07, 6.45) is 0.419. The Morgan fingerprint density at radius 3 is 2.63 bits per heavy atom. The molecule has 0 spiro atoms. The van der Waals surface area contributed by atoms with Gasteiger partial charge in [0.25, 0.3) is 0 Å². The summed E-state index contributed by atoms with van der Waals surface area (Å²) in [5, 5.41) is 13.6. The Hall–Kier alpha value is -1.10. The molecule has 0 amide bonds. The van der Waals surface area contributed by atoms with Crippen molar-refractivity contribution in [2.24, 2.45) is 0 Å². The van der Waals surface area contributed by atoms with E-state index in [-0.39, 0.29) is 6.04 Å². The summed E-state index contributed by atoms with van der Waals surface area (Å²) in [5.74, 6) is 0.844. The van der Waals surface area contributed by atoms with E-state index < -0.39 is 6.10 Å². The highest BCUT2D eigenvalue weighted by Gasteiger charge is 2.16. The van der Waals surface area contributed by atoms with Crippen LogP contribution in [0.3, 0.4) is 0 Å². The van der Waals surface area contributed by atoms with Gasteiger partial charge in [-0.1, -0.05) is 6.07 Å². The maximum Gasteiger partial charge on any atom is 0.121 e. The minimum absolute atomic E-state index is 0.00431. The number of benzene rings is 1. The first-order valence-corrected chi connectivity index (χ1v) is 6.65. The topological polar surface area (TPSA) is 50.7 Å². The fourth-order valence-corrected chi connectivity index (χ4v) is 2.03. The number of aliphatic hydroxyl groups is 1. The van der Waals surface area contributed by atoms with Crippen molar-refractivity contribution in [1.82, 2.24) is 5.32 Å². The molecule has 0 fully saturated rings. The van der Waals surface area contributed by atoms with Gasteiger partial charge < -0.3 is 19.9 Å². The SMILES string of the molecule is COCCCNC(C)C(O)c1ccc(OC)c(C)c1. The third kappa shape index (κ3) is 4.82. The number of nitrogens with one attached hydrogen (secondary N) is 1. The molecule has 0 aromatic heterocycles. The Kier molecular flexibility index (Phi) is 6.84. The van der Waals surface area contributed by atoms with Crippen LogP contribution in [0.4, 0.5) is 0 Å². The Bertz CT molecular complexity index is 382. The van der Waals surface area contributed by atoms with E-state index in [0.29, 0.717) is 0 Å². The van der Waals surface area contributed by atoms with E-state index in [0.717, 1.165) is 36.4 Å². The number of ether oxygens (including phenoxy) is 2. The Morgan fingerprint density at radius 2 is 2.05 bits per heavy atom. The molecule has 0 aliphatic heterocycles. The maximum absolute atomic E-state index is 10.3. The lowest BCUT2D eigenvalue weighted by Crippen LogP contribution is -2.33. The first-order chi connectivity index (χ1) is 9.10. The molecule has 1 rings (SSSR count). The smallest absolute Gasteiger partial charge is 0.121 e. The van der Waals surface area contributed by atoms with Crippen LogP contribution in [0.25, 0.3) is 0 Å². The lowest BCUT2D eigenvalue weighted by atomic mass is 10.0. The van der Waals surface area contributed by atoms with Crippen LogP contribution in [0, 0.1) is 6.92 Å². The van der Waals surface area contributed by atoms with Gasteiger partial charge in [-0.15, -0.1) is 0 Å². The van der Waals surface area contributed by atoms with Crippen LogP contribution in [-0.4, -0.2) is 38.5 Å². The highest BCUT2D eigenvalue weighted by molar-refractivity contribution is 5.37. The molecule has 4 heteroatoms. The van der Waals surface area contributed by atoms with Crippen molar-refractivity contribution in [3.05, 3.63) is 29.3 Å². The van der Waals surface area contributed by atoms with Crippen molar-refractivity contribution in [3.8, 4) is 5.75 Å². The minimum atomic E-state index is -0.521. The van der Waals surface area contributed by atoms with Gasteiger partial charge in [-0.2, -0.15) is 0 Å². The van der Waals surface area contributed by atoms with Crippen molar-refractivity contribution in [1.29, 1.82) is 0 Å². The molecule has 2 N–H and O–H groups in total. The zero-order chi connectivity index (χ0) is 14.3. The lowest BCUT2D eigenvalue weighted by molar-refractivity contribution is 0.132. The van der Waals surface area contributed by atoms with Crippen molar-refractivity contribution in [3.63, 3.8) is 0 Å². The summed E-state index contributed by atoms with van der Waals surface area (Å²) in [6.45, 7) is 5.53. The van der Waals surface area contributed by atoms with E-state index in [2.05, 4.69) is 5.32 Å². The molecule has 0 aliphatic rings. The van der Waals surface area contributed by atoms with Gasteiger partial charge in [-0.3, -0.25) is 0 Å². The van der Waals surface area contributed by atoms with Crippen LogP contribution in [0.2, 0.25) is 0 Å². The molecule has 0 heterocycles. The average molecular weight is 267 g/mol. The average Bonchev–Trinajstić information content (AvgIpc) is 2.42. The molecule has 108 valence electrons. The molecule has 1 aromatic rings. The van der Waals surface area contributed by atoms with Crippen molar-refractivity contribution in [2.45, 2.75) is 32.4 Å². The van der Waals surface area contributed by atoms with Gasteiger partial charge in [0.05, 0.1) is 13.2 Å². The first kappa shape index (κ1) is 16.0. The Balaban J connectivity index is 2.56. The fraction of sp³-hybridized carbons (Fsp3) is 0.600. The quantitative estimate of drug-likeness (QED) is 0.708. The lowest BCUT2D eigenvalue weighted by Gasteiger charge is -2.21. The normalized spacial score (nSPS) is 14.2. The van der Waals surface area contributed by atoms with Crippen LogP contribution in [0.1, 0.15) is 30.6 Å². The first-order valence-electron chi connectivity index (χ1n) is 6.65. The second-order valence-electron chi connectivity index (χ2n) is 4.76. The molecule has 0 saturated heterocycles. The van der Waals surface area contributed by atoms with Gasteiger partial charge in [0.2, 0.25) is 0 Å². The highest BCUT2D eigenvalue weighted by atomic mass is 16.5. The summed E-state index contributed by atoms with van der Waals surface area (Å²) < 4.78 is 10.2. The van der Waals surface area contributed by atoms with Gasteiger partial charge in [-0.25, -0.2) is 0 Å². The summed E-state index contributed by atoms with van der Waals surface area (Å²) in [4.78, 5) is 0. The van der Waals surface area contributed by atoms with E-state index in [1.165, 1.54) is 0 Å². The maximum atomic E-state index is 10.3.